The van der Waals surface area contributed by atoms with Gasteiger partial charge < -0.3 is 16.2 Å². The van der Waals surface area contributed by atoms with E-state index in [1.165, 1.54) is 7.11 Å². The smallest absolute Gasteiger partial charge is 0.340 e. The number of esters is 1. The Morgan fingerprint density at radius 1 is 1.61 bits per heavy atom. The SMILES string of the molecule is COC(=O)c1cc(F)c(Br)c(C#CC(C)N)c1N. The summed E-state index contributed by atoms with van der Waals surface area (Å²) in [5.41, 5.74) is 11.4. The van der Waals surface area contributed by atoms with Crippen LogP contribution in [0.25, 0.3) is 0 Å². The molecule has 0 aliphatic carbocycles. The van der Waals surface area contributed by atoms with Crippen molar-refractivity contribution in [1.82, 2.24) is 0 Å². The van der Waals surface area contributed by atoms with Gasteiger partial charge in [0.1, 0.15) is 5.82 Å². The number of anilines is 1. The van der Waals surface area contributed by atoms with E-state index in [1.807, 2.05) is 0 Å². The average molecular weight is 315 g/mol. The molecule has 0 bridgehead atoms. The highest BCUT2D eigenvalue weighted by Gasteiger charge is 2.18. The van der Waals surface area contributed by atoms with Crippen LogP contribution in [0.4, 0.5) is 10.1 Å². The summed E-state index contributed by atoms with van der Waals surface area (Å²) in [5, 5.41) is 0. The molecule has 4 nitrogen and oxygen atoms in total. The third-order valence-electron chi connectivity index (χ3n) is 2.09. The Labute approximate surface area is 113 Å². The maximum absolute atomic E-state index is 13.6. The molecule has 0 aliphatic heterocycles. The number of halogens is 2. The van der Waals surface area contributed by atoms with Crippen LogP contribution in [0.3, 0.4) is 0 Å². The standard InChI is InChI=1S/C12H12BrFN2O2/c1-6(15)3-4-7-10(13)9(14)5-8(11(7)16)12(17)18-2/h5-6H,15-16H2,1-2H3. The molecule has 4 N–H and O–H groups in total. The lowest BCUT2D eigenvalue weighted by Gasteiger charge is -2.08. The number of nitrogen functional groups attached to an aromatic ring is 1. The van der Waals surface area contributed by atoms with Gasteiger partial charge in [0, 0.05) is 0 Å². The van der Waals surface area contributed by atoms with Gasteiger partial charge in [-0.3, -0.25) is 0 Å². The van der Waals surface area contributed by atoms with Gasteiger partial charge in [0.25, 0.3) is 0 Å². The van der Waals surface area contributed by atoms with Crippen LogP contribution in [-0.2, 0) is 4.74 Å². The van der Waals surface area contributed by atoms with E-state index in [0.29, 0.717) is 0 Å². The molecule has 6 heteroatoms. The van der Waals surface area contributed by atoms with Crippen LogP contribution in [0, 0.1) is 17.7 Å². The predicted octanol–water partition coefficient (Wildman–Crippen LogP) is 1.66. The molecule has 1 rings (SSSR count). The number of hydrogen-bond donors (Lipinski definition) is 2. The Morgan fingerprint density at radius 2 is 2.22 bits per heavy atom. The summed E-state index contributed by atoms with van der Waals surface area (Å²) in [6.45, 7) is 1.68. The van der Waals surface area contributed by atoms with Crippen LogP contribution >= 0.6 is 15.9 Å². The van der Waals surface area contributed by atoms with E-state index in [-0.39, 0.29) is 27.3 Å². The van der Waals surface area contributed by atoms with Gasteiger partial charge in [-0.05, 0) is 28.9 Å². The number of methoxy groups -OCH3 is 1. The molecular weight excluding hydrogens is 303 g/mol. The molecule has 1 atom stereocenters. The maximum Gasteiger partial charge on any atom is 0.340 e. The van der Waals surface area contributed by atoms with Crippen molar-refractivity contribution in [1.29, 1.82) is 0 Å². The van der Waals surface area contributed by atoms with Crippen LogP contribution in [-0.4, -0.2) is 19.1 Å². The second-order valence-electron chi connectivity index (χ2n) is 3.56. The van der Waals surface area contributed by atoms with Crippen molar-refractivity contribution in [2.45, 2.75) is 13.0 Å². The molecule has 0 heterocycles. The fraction of sp³-hybridized carbons (Fsp3) is 0.250. The minimum absolute atomic E-state index is 0.0586. The minimum atomic E-state index is -0.720. The second kappa shape index (κ2) is 5.85. The van der Waals surface area contributed by atoms with Gasteiger partial charge in [-0.15, -0.1) is 0 Å². The summed E-state index contributed by atoms with van der Waals surface area (Å²) in [4.78, 5) is 11.4. The predicted molar refractivity (Wildman–Crippen MR) is 70.4 cm³/mol. The molecule has 1 unspecified atom stereocenters. The van der Waals surface area contributed by atoms with Crippen molar-refractivity contribution in [2.75, 3.05) is 12.8 Å². The zero-order valence-electron chi connectivity index (χ0n) is 9.88. The Balaban J connectivity index is 3.47. The van der Waals surface area contributed by atoms with Crippen LogP contribution in [0.15, 0.2) is 10.5 Å². The van der Waals surface area contributed by atoms with Crippen molar-refractivity contribution >= 4 is 27.6 Å². The molecule has 0 saturated heterocycles. The van der Waals surface area contributed by atoms with Gasteiger partial charge in [0.2, 0.25) is 0 Å². The normalized spacial score (nSPS) is 11.4. The molecule has 1 aromatic rings. The summed E-state index contributed by atoms with van der Waals surface area (Å²) < 4.78 is 18.2. The first-order valence-electron chi connectivity index (χ1n) is 5.01. The van der Waals surface area contributed by atoms with E-state index in [9.17, 15) is 9.18 Å². The van der Waals surface area contributed by atoms with Crippen molar-refractivity contribution in [2.24, 2.45) is 5.73 Å². The monoisotopic (exact) mass is 314 g/mol. The summed E-state index contributed by atoms with van der Waals surface area (Å²) in [5.74, 6) is 3.94. The molecule has 0 saturated carbocycles. The summed E-state index contributed by atoms with van der Waals surface area (Å²) in [6, 6.07) is 0.614. The molecule has 0 spiro atoms. The summed E-state index contributed by atoms with van der Waals surface area (Å²) >= 11 is 3.04. The second-order valence-corrected chi connectivity index (χ2v) is 4.35. The summed E-state index contributed by atoms with van der Waals surface area (Å²) in [6.07, 6.45) is 0. The lowest BCUT2D eigenvalue weighted by atomic mass is 10.1. The lowest BCUT2D eigenvalue weighted by molar-refractivity contribution is 0.0601. The highest BCUT2D eigenvalue weighted by molar-refractivity contribution is 9.10. The number of rotatable bonds is 1. The molecule has 0 radical (unpaired) electrons. The van der Waals surface area contributed by atoms with Crippen LogP contribution in [0.2, 0.25) is 0 Å². The molecular formula is C12H12BrFN2O2. The number of ether oxygens (including phenoxy) is 1. The van der Waals surface area contributed by atoms with E-state index in [0.717, 1.165) is 6.07 Å². The Kier molecular flexibility index (Phi) is 4.70. The Bertz CT molecular complexity index is 547. The highest BCUT2D eigenvalue weighted by Crippen LogP contribution is 2.29. The van der Waals surface area contributed by atoms with Gasteiger partial charge in [0.05, 0.1) is 34.4 Å². The molecule has 18 heavy (non-hydrogen) atoms. The fourth-order valence-electron chi connectivity index (χ4n) is 1.23. The maximum atomic E-state index is 13.6. The Morgan fingerprint density at radius 3 is 2.72 bits per heavy atom. The van der Waals surface area contributed by atoms with Gasteiger partial charge in [-0.1, -0.05) is 11.8 Å². The molecule has 0 fully saturated rings. The number of carbonyl (C=O) groups is 1. The van der Waals surface area contributed by atoms with Crippen molar-refractivity contribution in [3.05, 3.63) is 27.5 Å². The van der Waals surface area contributed by atoms with Crippen LogP contribution in [0.1, 0.15) is 22.8 Å². The van der Waals surface area contributed by atoms with Gasteiger partial charge in [-0.25, -0.2) is 9.18 Å². The molecule has 0 aliphatic rings. The highest BCUT2D eigenvalue weighted by atomic mass is 79.9. The van der Waals surface area contributed by atoms with Crippen molar-refractivity contribution in [3.63, 3.8) is 0 Å². The van der Waals surface area contributed by atoms with E-state index in [1.54, 1.807) is 6.92 Å². The van der Waals surface area contributed by atoms with E-state index < -0.39 is 11.8 Å². The zero-order valence-corrected chi connectivity index (χ0v) is 11.5. The van der Waals surface area contributed by atoms with E-state index >= 15 is 0 Å². The van der Waals surface area contributed by atoms with Crippen molar-refractivity contribution < 1.29 is 13.9 Å². The van der Waals surface area contributed by atoms with Gasteiger partial charge in [-0.2, -0.15) is 0 Å². The number of benzene rings is 1. The molecule has 0 amide bonds. The first-order valence-corrected chi connectivity index (χ1v) is 5.80. The van der Waals surface area contributed by atoms with E-state index in [4.69, 9.17) is 11.5 Å². The molecule has 0 aromatic heterocycles. The zero-order chi connectivity index (χ0) is 13.9. The average Bonchev–Trinajstić information content (AvgIpc) is 2.32. The summed E-state index contributed by atoms with van der Waals surface area (Å²) in [7, 11) is 1.19. The van der Waals surface area contributed by atoms with Gasteiger partial charge in [0.15, 0.2) is 0 Å². The fourth-order valence-corrected chi connectivity index (χ4v) is 1.65. The molecule has 96 valence electrons. The minimum Gasteiger partial charge on any atom is -0.465 e. The third kappa shape index (κ3) is 3.00. The van der Waals surface area contributed by atoms with Crippen LogP contribution < -0.4 is 11.5 Å². The third-order valence-corrected chi connectivity index (χ3v) is 2.87. The van der Waals surface area contributed by atoms with Crippen molar-refractivity contribution in [3.8, 4) is 11.8 Å². The van der Waals surface area contributed by atoms with E-state index in [2.05, 4.69) is 32.5 Å². The quantitative estimate of drug-likeness (QED) is 0.469. The first-order chi connectivity index (χ1) is 8.38. The largest absolute Gasteiger partial charge is 0.465 e. The van der Waals surface area contributed by atoms with Crippen LogP contribution in [0.5, 0.6) is 0 Å². The topological polar surface area (TPSA) is 78.3 Å². The van der Waals surface area contributed by atoms with Gasteiger partial charge >= 0.3 is 5.97 Å². The molecule has 1 aromatic carbocycles. The number of nitrogens with two attached hydrogens (primary N) is 2. The number of hydrogen-bond acceptors (Lipinski definition) is 4. The Hall–Kier alpha value is -1.58. The number of carbonyl (C=O) groups excluding carboxylic acids is 1. The first kappa shape index (κ1) is 14.5. The lowest BCUT2D eigenvalue weighted by Crippen LogP contribution is -2.12.